The van der Waals surface area contributed by atoms with Crippen LogP contribution in [0.2, 0.25) is 0 Å². The van der Waals surface area contributed by atoms with E-state index >= 15 is 0 Å². The van der Waals surface area contributed by atoms with Gasteiger partial charge in [0.1, 0.15) is 5.75 Å². The molecule has 1 aliphatic rings. The summed E-state index contributed by atoms with van der Waals surface area (Å²) in [5, 5.41) is 9.76. The maximum Gasteiger partial charge on any atom is 0.339 e. The summed E-state index contributed by atoms with van der Waals surface area (Å²) in [5.74, 6) is 0.0596. The number of aliphatic hydroxyl groups is 1. The van der Waals surface area contributed by atoms with Gasteiger partial charge in [0.25, 0.3) is 0 Å². The number of ether oxygens (including phenoxy) is 2. The zero-order chi connectivity index (χ0) is 12.3. The summed E-state index contributed by atoms with van der Waals surface area (Å²) in [6.45, 7) is 1.96. The molecule has 92 valence electrons. The lowest BCUT2D eigenvalue weighted by Crippen LogP contribution is -2.15. The van der Waals surface area contributed by atoms with E-state index in [-0.39, 0.29) is 6.61 Å². The first-order valence-corrected chi connectivity index (χ1v) is 5.82. The van der Waals surface area contributed by atoms with E-state index < -0.39 is 12.1 Å². The highest BCUT2D eigenvalue weighted by Gasteiger charge is 2.24. The zero-order valence-electron chi connectivity index (χ0n) is 9.76. The van der Waals surface area contributed by atoms with Gasteiger partial charge in [-0.05, 0) is 37.5 Å². The van der Waals surface area contributed by atoms with Crippen molar-refractivity contribution >= 4 is 5.97 Å². The molecule has 0 saturated heterocycles. The van der Waals surface area contributed by atoms with Gasteiger partial charge in [0, 0.05) is 0 Å². The van der Waals surface area contributed by atoms with E-state index in [4.69, 9.17) is 9.47 Å². The number of carbonyl (C=O) groups is 1. The fraction of sp³-hybridized carbons (Fsp3) is 0.462. The number of hydrogen-bond acceptors (Lipinski definition) is 4. The average molecular weight is 236 g/mol. The number of rotatable bonds is 5. The molecule has 0 amide bonds. The molecule has 1 aromatic rings. The summed E-state index contributed by atoms with van der Waals surface area (Å²) in [6.07, 6.45) is 1.21. The summed E-state index contributed by atoms with van der Waals surface area (Å²) in [5.41, 5.74) is 0.501. The molecule has 4 heteroatoms. The SMILES string of the molecule is CCOC(=O)C(O)c1cccc(OC2CC2)c1. The molecule has 0 aliphatic heterocycles. The van der Waals surface area contributed by atoms with Gasteiger partial charge in [-0.25, -0.2) is 4.79 Å². The standard InChI is InChI=1S/C13H16O4/c1-2-16-13(15)12(14)9-4-3-5-11(8-9)17-10-6-7-10/h3-5,8,10,12,14H,2,6-7H2,1H3. The maximum absolute atomic E-state index is 11.4. The van der Waals surface area contributed by atoms with E-state index in [1.807, 2.05) is 6.07 Å². The number of hydrogen-bond donors (Lipinski definition) is 1. The summed E-state index contributed by atoms with van der Waals surface area (Å²) in [6, 6.07) is 6.94. The van der Waals surface area contributed by atoms with Crippen molar-refractivity contribution in [2.45, 2.75) is 32.0 Å². The minimum Gasteiger partial charge on any atom is -0.490 e. The molecule has 1 aromatic carbocycles. The molecule has 1 N–H and O–H groups in total. The topological polar surface area (TPSA) is 55.8 Å². The smallest absolute Gasteiger partial charge is 0.339 e. The fourth-order valence-electron chi connectivity index (χ4n) is 1.49. The van der Waals surface area contributed by atoms with Gasteiger partial charge < -0.3 is 14.6 Å². The van der Waals surface area contributed by atoms with E-state index in [1.54, 1.807) is 25.1 Å². The lowest BCUT2D eigenvalue weighted by Gasteiger charge is -2.11. The van der Waals surface area contributed by atoms with Crippen LogP contribution in [-0.2, 0) is 9.53 Å². The van der Waals surface area contributed by atoms with Gasteiger partial charge in [-0.15, -0.1) is 0 Å². The molecular weight excluding hydrogens is 220 g/mol. The molecule has 0 radical (unpaired) electrons. The first kappa shape index (κ1) is 11.9. The quantitative estimate of drug-likeness (QED) is 0.792. The van der Waals surface area contributed by atoms with Crippen molar-refractivity contribution in [3.8, 4) is 5.75 Å². The van der Waals surface area contributed by atoms with E-state index in [1.165, 1.54) is 0 Å². The highest BCUT2D eigenvalue weighted by molar-refractivity contribution is 5.76. The highest BCUT2D eigenvalue weighted by Crippen LogP contribution is 2.28. The van der Waals surface area contributed by atoms with Crippen LogP contribution >= 0.6 is 0 Å². The minimum absolute atomic E-state index is 0.258. The molecule has 0 bridgehead atoms. The molecule has 4 nitrogen and oxygen atoms in total. The van der Waals surface area contributed by atoms with Crippen molar-refractivity contribution in [3.63, 3.8) is 0 Å². The van der Waals surface area contributed by atoms with Gasteiger partial charge in [-0.2, -0.15) is 0 Å². The predicted octanol–water partition coefficient (Wildman–Crippen LogP) is 1.82. The van der Waals surface area contributed by atoms with Crippen molar-refractivity contribution in [1.82, 2.24) is 0 Å². The van der Waals surface area contributed by atoms with Crippen LogP contribution in [0.5, 0.6) is 5.75 Å². The monoisotopic (exact) mass is 236 g/mol. The molecule has 0 heterocycles. The van der Waals surface area contributed by atoms with Crippen LogP contribution in [0.1, 0.15) is 31.4 Å². The first-order chi connectivity index (χ1) is 8.20. The van der Waals surface area contributed by atoms with E-state index in [2.05, 4.69) is 0 Å². The van der Waals surface area contributed by atoms with E-state index in [0.717, 1.165) is 12.8 Å². The lowest BCUT2D eigenvalue weighted by atomic mass is 10.1. The van der Waals surface area contributed by atoms with Crippen molar-refractivity contribution in [2.75, 3.05) is 6.61 Å². The largest absolute Gasteiger partial charge is 0.490 e. The van der Waals surface area contributed by atoms with Crippen LogP contribution in [0.15, 0.2) is 24.3 Å². The molecule has 1 saturated carbocycles. The second-order valence-corrected chi connectivity index (χ2v) is 4.04. The Labute approximate surface area is 100 Å². The third-order valence-electron chi connectivity index (χ3n) is 2.51. The zero-order valence-corrected chi connectivity index (χ0v) is 9.76. The Bertz CT molecular complexity index is 398. The molecule has 1 unspecified atom stereocenters. The average Bonchev–Trinajstić information content (AvgIpc) is 3.12. The molecule has 17 heavy (non-hydrogen) atoms. The minimum atomic E-state index is -1.24. The Morgan fingerprint density at radius 3 is 2.94 bits per heavy atom. The second-order valence-electron chi connectivity index (χ2n) is 4.04. The summed E-state index contributed by atoms with van der Waals surface area (Å²) in [4.78, 5) is 11.4. The van der Waals surface area contributed by atoms with Crippen LogP contribution in [0.4, 0.5) is 0 Å². The lowest BCUT2D eigenvalue weighted by molar-refractivity contribution is -0.153. The summed E-state index contributed by atoms with van der Waals surface area (Å²) < 4.78 is 10.4. The Balaban J connectivity index is 2.05. The molecule has 1 atom stereocenters. The molecule has 0 spiro atoms. The molecule has 1 aliphatic carbocycles. The van der Waals surface area contributed by atoms with Gasteiger partial charge >= 0.3 is 5.97 Å². The molecular formula is C13H16O4. The normalized spacial score (nSPS) is 16.4. The molecule has 0 aromatic heterocycles. The number of esters is 1. The van der Waals surface area contributed by atoms with Crippen LogP contribution in [-0.4, -0.2) is 23.8 Å². The van der Waals surface area contributed by atoms with Crippen molar-refractivity contribution in [1.29, 1.82) is 0 Å². The highest BCUT2D eigenvalue weighted by atomic mass is 16.5. The third kappa shape index (κ3) is 3.20. The van der Waals surface area contributed by atoms with E-state index in [9.17, 15) is 9.90 Å². The summed E-state index contributed by atoms with van der Waals surface area (Å²) >= 11 is 0. The van der Waals surface area contributed by atoms with Gasteiger partial charge in [-0.3, -0.25) is 0 Å². The first-order valence-electron chi connectivity index (χ1n) is 5.82. The molecule has 1 fully saturated rings. The second kappa shape index (κ2) is 5.19. The number of carbonyl (C=O) groups excluding carboxylic acids is 1. The fourth-order valence-corrected chi connectivity index (χ4v) is 1.49. The van der Waals surface area contributed by atoms with Crippen LogP contribution in [0.3, 0.4) is 0 Å². The van der Waals surface area contributed by atoms with Crippen molar-refractivity contribution in [2.24, 2.45) is 0 Å². The van der Waals surface area contributed by atoms with Crippen molar-refractivity contribution in [3.05, 3.63) is 29.8 Å². The molecule has 2 rings (SSSR count). The van der Waals surface area contributed by atoms with Gasteiger partial charge in [0.2, 0.25) is 0 Å². The van der Waals surface area contributed by atoms with Gasteiger partial charge in [-0.1, -0.05) is 12.1 Å². The van der Waals surface area contributed by atoms with Gasteiger partial charge in [0.05, 0.1) is 12.7 Å². The number of aliphatic hydroxyl groups excluding tert-OH is 1. The Kier molecular flexibility index (Phi) is 3.64. The summed E-state index contributed by atoms with van der Waals surface area (Å²) in [7, 11) is 0. The van der Waals surface area contributed by atoms with Crippen LogP contribution < -0.4 is 4.74 Å². The maximum atomic E-state index is 11.4. The van der Waals surface area contributed by atoms with E-state index in [0.29, 0.717) is 17.4 Å². The van der Waals surface area contributed by atoms with Gasteiger partial charge in [0.15, 0.2) is 6.10 Å². The third-order valence-corrected chi connectivity index (χ3v) is 2.51. The predicted molar refractivity (Wildman–Crippen MR) is 61.7 cm³/mol. The van der Waals surface area contributed by atoms with Crippen LogP contribution in [0.25, 0.3) is 0 Å². The Morgan fingerprint density at radius 1 is 1.53 bits per heavy atom. The van der Waals surface area contributed by atoms with Crippen molar-refractivity contribution < 1.29 is 19.4 Å². The van der Waals surface area contributed by atoms with Crippen LogP contribution in [0, 0.1) is 0 Å². The number of benzene rings is 1. The Morgan fingerprint density at radius 2 is 2.29 bits per heavy atom. The Hall–Kier alpha value is -1.55.